The first-order chi connectivity index (χ1) is 9.16. The molecule has 0 unspecified atom stereocenters. The van der Waals surface area contributed by atoms with Crippen molar-refractivity contribution >= 4 is 17.2 Å². The molecular weight excluding hydrogens is 254 g/mol. The number of hydrogen-bond donors (Lipinski definition) is 1. The van der Waals surface area contributed by atoms with Gasteiger partial charge in [-0.1, -0.05) is 35.9 Å². The van der Waals surface area contributed by atoms with E-state index in [-0.39, 0.29) is 0 Å². The first-order valence-corrected chi connectivity index (χ1v) is 6.98. The molecule has 0 fully saturated rings. The lowest BCUT2D eigenvalue weighted by atomic mass is 10.1. The van der Waals surface area contributed by atoms with Crippen LogP contribution >= 0.6 is 11.3 Å². The van der Waals surface area contributed by atoms with E-state index in [9.17, 15) is 0 Å². The number of nitrogens with two attached hydrogens (primary N) is 1. The van der Waals surface area contributed by atoms with Crippen molar-refractivity contribution in [3.63, 3.8) is 0 Å². The number of aromatic nitrogens is 2. The summed E-state index contributed by atoms with van der Waals surface area (Å²) in [7, 11) is 1.88. The van der Waals surface area contributed by atoms with Gasteiger partial charge in [-0.25, -0.2) is 0 Å². The summed E-state index contributed by atoms with van der Waals surface area (Å²) in [6, 6.07) is 12.5. The molecule has 0 aliphatic carbocycles. The molecule has 19 heavy (non-hydrogen) atoms. The molecule has 0 saturated carbocycles. The van der Waals surface area contributed by atoms with Crippen molar-refractivity contribution in [2.24, 2.45) is 7.05 Å². The fraction of sp³-hybridized carbons (Fsp3) is 0.133. The van der Waals surface area contributed by atoms with Gasteiger partial charge in [0, 0.05) is 17.5 Å². The molecule has 0 spiro atoms. The number of hydrogen-bond acceptors (Lipinski definition) is 3. The fourth-order valence-electron chi connectivity index (χ4n) is 2.11. The van der Waals surface area contributed by atoms with E-state index >= 15 is 0 Å². The summed E-state index contributed by atoms with van der Waals surface area (Å²) in [6.45, 7) is 2.08. The molecule has 4 heteroatoms. The molecule has 0 bridgehead atoms. The van der Waals surface area contributed by atoms with Crippen molar-refractivity contribution in [3.05, 3.63) is 47.3 Å². The molecule has 0 atom stereocenters. The number of aryl methyl sites for hydroxylation is 2. The third kappa shape index (κ3) is 2.04. The van der Waals surface area contributed by atoms with Crippen molar-refractivity contribution in [3.8, 4) is 21.7 Å². The van der Waals surface area contributed by atoms with E-state index in [4.69, 9.17) is 5.73 Å². The number of nitrogens with zero attached hydrogens (tertiary/aromatic N) is 2. The van der Waals surface area contributed by atoms with E-state index in [1.807, 2.05) is 13.1 Å². The molecule has 3 nitrogen and oxygen atoms in total. The number of nitrogen functional groups attached to an aromatic ring is 1. The Bertz CT molecular complexity index is 694. The van der Waals surface area contributed by atoms with E-state index in [0.717, 1.165) is 21.7 Å². The zero-order valence-electron chi connectivity index (χ0n) is 10.9. The third-order valence-electron chi connectivity index (χ3n) is 3.18. The van der Waals surface area contributed by atoms with Gasteiger partial charge in [0.2, 0.25) is 0 Å². The molecule has 0 amide bonds. The molecule has 0 saturated heterocycles. The van der Waals surface area contributed by atoms with E-state index in [0.29, 0.717) is 5.82 Å². The van der Waals surface area contributed by atoms with E-state index in [1.165, 1.54) is 5.56 Å². The molecule has 2 N–H and O–H groups in total. The summed E-state index contributed by atoms with van der Waals surface area (Å²) >= 11 is 1.68. The van der Waals surface area contributed by atoms with Gasteiger partial charge in [0.15, 0.2) is 0 Å². The summed E-state index contributed by atoms with van der Waals surface area (Å²) < 4.78 is 1.74. The maximum absolute atomic E-state index is 6.17. The highest BCUT2D eigenvalue weighted by Gasteiger charge is 2.17. The molecule has 3 aromatic rings. The van der Waals surface area contributed by atoms with Crippen molar-refractivity contribution < 1.29 is 0 Å². The minimum Gasteiger partial charge on any atom is -0.383 e. The van der Waals surface area contributed by atoms with Crippen LogP contribution in [0.25, 0.3) is 21.7 Å². The molecule has 96 valence electrons. The molecule has 2 aromatic heterocycles. The lowest BCUT2D eigenvalue weighted by Crippen LogP contribution is -1.97. The van der Waals surface area contributed by atoms with E-state index in [1.54, 1.807) is 16.0 Å². The summed E-state index contributed by atoms with van der Waals surface area (Å²) in [5.41, 5.74) is 10.5. The summed E-state index contributed by atoms with van der Waals surface area (Å²) in [5.74, 6) is 0.707. The van der Waals surface area contributed by atoms with Crippen LogP contribution in [-0.4, -0.2) is 9.78 Å². The third-order valence-corrected chi connectivity index (χ3v) is 4.07. The van der Waals surface area contributed by atoms with Crippen LogP contribution in [0.4, 0.5) is 5.82 Å². The second-order valence-electron chi connectivity index (χ2n) is 4.58. The second kappa shape index (κ2) is 4.55. The average molecular weight is 269 g/mol. The largest absolute Gasteiger partial charge is 0.383 e. The minimum absolute atomic E-state index is 0.707. The van der Waals surface area contributed by atoms with Gasteiger partial charge in [-0.05, 0) is 18.4 Å². The van der Waals surface area contributed by atoms with Crippen molar-refractivity contribution in [2.75, 3.05) is 5.73 Å². The zero-order valence-corrected chi connectivity index (χ0v) is 11.7. The van der Waals surface area contributed by atoms with Crippen LogP contribution in [0.3, 0.4) is 0 Å². The van der Waals surface area contributed by atoms with Crippen LogP contribution in [0.1, 0.15) is 5.56 Å². The van der Waals surface area contributed by atoms with E-state index < -0.39 is 0 Å². The van der Waals surface area contributed by atoms with Gasteiger partial charge < -0.3 is 5.73 Å². The van der Waals surface area contributed by atoms with Gasteiger partial charge in [-0.2, -0.15) is 5.10 Å². The normalized spacial score (nSPS) is 10.8. The molecule has 3 rings (SSSR count). The highest BCUT2D eigenvalue weighted by molar-refractivity contribution is 7.13. The SMILES string of the molecule is Cc1ccc(-c2nn(C)c(N)c2-c2cccs2)cc1. The topological polar surface area (TPSA) is 43.8 Å². The highest BCUT2D eigenvalue weighted by Crippen LogP contribution is 2.38. The molecule has 1 aromatic carbocycles. The lowest BCUT2D eigenvalue weighted by Gasteiger charge is -2.02. The number of rotatable bonds is 2. The highest BCUT2D eigenvalue weighted by atomic mass is 32.1. The van der Waals surface area contributed by atoms with Crippen LogP contribution in [0.5, 0.6) is 0 Å². The second-order valence-corrected chi connectivity index (χ2v) is 5.52. The molecular formula is C15H15N3S. The Morgan fingerprint density at radius 1 is 1.16 bits per heavy atom. The zero-order chi connectivity index (χ0) is 13.4. The number of anilines is 1. The summed E-state index contributed by atoms with van der Waals surface area (Å²) in [5, 5.41) is 6.62. The standard InChI is InChI=1S/C15H15N3S/c1-10-5-7-11(8-6-10)14-13(12-4-3-9-19-12)15(16)18(2)17-14/h3-9H,16H2,1-2H3. The van der Waals surface area contributed by atoms with Gasteiger partial charge in [0.05, 0.1) is 5.56 Å². The Morgan fingerprint density at radius 2 is 1.89 bits per heavy atom. The summed E-state index contributed by atoms with van der Waals surface area (Å²) in [6.07, 6.45) is 0. The van der Waals surface area contributed by atoms with Crippen LogP contribution in [0.15, 0.2) is 41.8 Å². The number of benzene rings is 1. The van der Waals surface area contributed by atoms with Gasteiger partial charge in [0.1, 0.15) is 11.5 Å². The van der Waals surface area contributed by atoms with Gasteiger partial charge in [-0.3, -0.25) is 4.68 Å². The maximum atomic E-state index is 6.17. The molecule has 0 aliphatic heterocycles. The fourth-order valence-corrected chi connectivity index (χ4v) is 2.89. The predicted octanol–water partition coefficient (Wildman–Crippen LogP) is 3.71. The Hall–Kier alpha value is -2.07. The maximum Gasteiger partial charge on any atom is 0.130 e. The van der Waals surface area contributed by atoms with Crippen LogP contribution in [0.2, 0.25) is 0 Å². The molecule has 0 radical (unpaired) electrons. The molecule has 0 aliphatic rings. The quantitative estimate of drug-likeness (QED) is 0.770. The van der Waals surface area contributed by atoms with Crippen LogP contribution < -0.4 is 5.73 Å². The van der Waals surface area contributed by atoms with Crippen LogP contribution in [-0.2, 0) is 7.05 Å². The minimum atomic E-state index is 0.707. The Morgan fingerprint density at radius 3 is 2.53 bits per heavy atom. The molecule has 2 heterocycles. The first kappa shape index (κ1) is 12.0. The Balaban J connectivity index is 2.22. The van der Waals surface area contributed by atoms with Gasteiger partial charge in [0.25, 0.3) is 0 Å². The predicted molar refractivity (Wildman–Crippen MR) is 81.1 cm³/mol. The smallest absolute Gasteiger partial charge is 0.130 e. The Kier molecular flexibility index (Phi) is 2.87. The number of thiophene rings is 1. The van der Waals surface area contributed by atoms with Crippen molar-refractivity contribution in [1.82, 2.24) is 9.78 Å². The lowest BCUT2D eigenvalue weighted by molar-refractivity contribution is 0.782. The Labute approximate surface area is 116 Å². The van der Waals surface area contributed by atoms with Gasteiger partial charge >= 0.3 is 0 Å². The monoisotopic (exact) mass is 269 g/mol. The average Bonchev–Trinajstić information content (AvgIpc) is 3.00. The van der Waals surface area contributed by atoms with E-state index in [2.05, 4.69) is 47.7 Å². The first-order valence-electron chi connectivity index (χ1n) is 6.10. The van der Waals surface area contributed by atoms with Crippen molar-refractivity contribution in [1.29, 1.82) is 0 Å². The van der Waals surface area contributed by atoms with Crippen LogP contribution in [0, 0.1) is 6.92 Å². The summed E-state index contributed by atoms with van der Waals surface area (Å²) in [4.78, 5) is 1.15. The van der Waals surface area contributed by atoms with Gasteiger partial charge in [-0.15, -0.1) is 11.3 Å². The van der Waals surface area contributed by atoms with Crippen molar-refractivity contribution in [2.45, 2.75) is 6.92 Å².